The molecule has 0 spiro atoms. The predicted molar refractivity (Wildman–Crippen MR) is 65.1 cm³/mol. The number of ether oxygens (including phenoxy) is 2. The van der Waals surface area contributed by atoms with Crippen LogP contribution in [0.1, 0.15) is 38.5 Å². The maximum Gasteiger partial charge on any atom is 0.135 e. The highest BCUT2D eigenvalue weighted by molar-refractivity contribution is 5.78. The second-order valence-electron chi connectivity index (χ2n) is 4.97. The number of carbonyl (C=O) groups is 1. The van der Waals surface area contributed by atoms with Crippen LogP contribution >= 0.6 is 0 Å². The first kappa shape index (κ1) is 13.0. The van der Waals surface area contributed by atoms with Crippen LogP contribution in [0.5, 0.6) is 0 Å². The summed E-state index contributed by atoms with van der Waals surface area (Å²) in [6.07, 6.45) is 6.11. The molecule has 4 heteroatoms. The van der Waals surface area contributed by atoms with Crippen molar-refractivity contribution < 1.29 is 14.3 Å². The van der Waals surface area contributed by atoms with Crippen LogP contribution < -0.4 is 5.32 Å². The van der Waals surface area contributed by atoms with E-state index in [0.717, 1.165) is 39.1 Å². The topological polar surface area (TPSA) is 47.6 Å². The van der Waals surface area contributed by atoms with Gasteiger partial charge in [0.1, 0.15) is 5.78 Å². The first-order chi connectivity index (χ1) is 8.34. The number of Topliss-reactive ketones (excluding diaryl/α,β-unsaturated/α-hetero) is 1. The predicted octanol–water partition coefficient (Wildman–Crippen LogP) is 1.28. The number of nitrogens with one attached hydrogen (secondary N) is 1. The third kappa shape index (κ3) is 4.74. The van der Waals surface area contributed by atoms with Gasteiger partial charge in [-0.15, -0.1) is 0 Å². The molecule has 2 rings (SSSR count). The molecule has 2 unspecified atom stereocenters. The molecule has 2 saturated heterocycles. The lowest BCUT2D eigenvalue weighted by Gasteiger charge is -2.22. The second-order valence-corrected chi connectivity index (χ2v) is 4.97. The standard InChI is InChI=1S/C13H23NO3/c15-11(9-13-10-14-6-8-17-13)3-1-4-12-5-2-7-16-12/h12-14H,1-10H2. The first-order valence-corrected chi connectivity index (χ1v) is 6.80. The van der Waals surface area contributed by atoms with Crippen molar-refractivity contribution in [2.45, 2.75) is 50.7 Å². The molecule has 0 aromatic heterocycles. The summed E-state index contributed by atoms with van der Waals surface area (Å²) in [7, 11) is 0. The third-order valence-corrected chi connectivity index (χ3v) is 3.47. The lowest BCUT2D eigenvalue weighted by atomic mass is 10.0. The van der Waals surface area contributed by atoms with Crippen LogP contribution in [0.2, 0.25) is 0 Å². The Kier molecular flexibility index (Phi) is 5.42. The van der Waals surface area contributed by atoms with Gasteiger partial charge in [-0.3, -0.25) is 4.79 Å². The van der Waals surface area contributed by atoms with E-state index in [1.807, 2.05) is 0 Å². The highest BCUT2D eigenvalue weighted by Gasteiger charge is 2.18. The van der Waals surface area contributed by atoms with Crippen molar-refractivity contribution in [2.75, 3.05) is 26.3 Å². The molecule has 2 atom stereocenters. The molecule has 0 aromatic carbocycles. The Morgan fingerprint density at radius 3 is 2.82 bits per heavy atom. The number of carbonyl (C=O) groups excluding carboxylic acids is 1. The number of hydrogen-bond acceptors (Lipinski definition) is 4. The van der Waals surface area contributed by atoms with Gasteiger partial charge < -0.3 is 14.8 Å². The van der Waals surface area contributed by atoms with Crippen LogP contribution in [-0.4, -0.2) is 44.3 Å². The van der Waals surface area contributed by atoms with Gasteiger partial charge in [0.25, 0.3) is 0 Å². The average Bonchev–Trinajstić information content (AvgIpc) is 2.83. The fourth-order valence-corrected chi connectivity index (χ4v) is 2.51. The molecule has 2 aliphatic rings. The fourth-order valence-electron chi connectivity index (χ4n) is 2.51. The molecule has 0 aliphatic carbocycles. The zero-order valence-corrected chi connectivity index (χ0v) is 10.5. The van der Waals surface area contributed by atoms with Gasteiger partial charge in [-0.05, 0) is 25.7 Å². The SMILES string of the molecule is O=C(CCCC1CCCO1)CC1CNCCO1. The van der Waals surface area contributed by atoms with E-state index in [4.69, 9.17) is 9.47 Å². The van der Waals surface area contributed by atoms with Crippen LogP contribution in [0.4, 0.5) is 0 Å². The van der Waals surface area contributed by atoms with E-state index in [9.17, 15) is 4.79 Å². The van der Waals surface area contributed by atoms with Crippen LogP contribution in [0, 0.1) is 0 Å². The quantitative estimate of drug-likeness (QED) is 0.761. The van der Waals surface area contributed by atoms with Crippen molar-refractivity contribution in [3.8, 4) is 0 Å². The molecule has 0 radical (unpaired) electrons. The molecular formula is C13H23NO3. The Morgan fingerprint density at radius 1 is 1.24 bits per heavy atom. The van der Waals surface area contributed by atoms with Gasteiger partial charge in [0.15, 0.2) is 0 Å². The summed E-state index contributed by atoms with van der Waals surface area (Å²) in [5.74, 6) is 0.330. The molecule has 2 heterocycles. The molecule has 2 aliphatic heterocycles. The number of hydrogen-bond donors (Lipinski definition) is 1. The summed E-state index contributed by atoms with van der Waals surface area (Å²) in [4.78, 5) is 11.7. The highest BCUT2D eigenvalue weighted by Crippen LogP contribution is 2.18. The molecule has 0 aromatic rings. The zero-order valence-electron chi connectivity index (χ0n) is 10.5. The molecule has 4 nitrogen and oxygen atoms in total. The van der Waals surface area contributed by atoms with Crippen LogP contribution in [0.3, 0.4) is 0 Å². The minimum atomic E-state index is 0.0963. The molecule has 0 amide bonds. The highest BCUT2D eigenvalue weighted by atomic mass is 16.5. The van der Waals surface area contributed by atoms with E-state index in [1.165, 1.54) is 12.8 Å². The smallest absolute Gasteiger partial charge is 0.135 e. The van der Waals surface area contributed by atoms with Gasteiger partial charge in [-0.2, -0.15) is 0 Å². The van der Waals surface area contributed by atoms with Crippen LogP contribution in [0.25, 0.3) is 0 Å². The summed E-state index contributed by atoms with van der Waals surface area (Å²) >= 11 is 0. The van der Waals surface area contributed by atoms with Gasteiger partial charge >= 0.3 is 0 Å². The number of rotatable bonds is 6. The van der Waals surface area contributed by atoms with Gasteiger partial charge in [0.05, 0.1) is 18.8 Å². The van der Waals surface area contributed by atoms with Gasteiger partial charge in [-0.25, -0.2) is 0 Å². The molecule has 2 fully saturated rings. The summed E-state index contributed by atoms with van der Waals surface area (Å²) < 4.78 is 11.1. The van der Waals surface area contributed by atoms with Crippen molar-refractivity contribution in [1.82, 2.24) is 5.32 Å². The normalized spacial score (nSPS) is 29.4. The summed E-state index contributed by atoms with van der Waals surface area (Å²) in [6, 6.07) is 0. The summed E-state index contributed by atoms with van der Waals surface area (Å²) in [5.41, 5.74) is 0. The molecule has 0 bridgehead atoms. The van der Waals surface area contributed by atoms with Crippen LogP contribution in [0.15, 0.2) is 0 Å². The van der Waals surface area contributed by atoms with E-state index in [1.54, 1.807) is 0 Å². The Hall–Kier alpha value is -0.450. The van der Waals surface area contributed by atoms with E-state index in [0.29, 0.717) is 24.7 Å². The van der Waals surface area contributed by atoms with Gasteiger partial charge in [0.2, 0.25) is 0 Å². The third-order valence-electron chi connectivity index (χ3n) is 3.47. The maximum absolute atomic E-state index is 11.7. The Bertz CT molecular complexity index is 233. The maximum atomic E-state index is 11.7. The summed E-state index contributed by atoms with van der Waals surface area (Å²) in [5, 5.41) is 3.24. The Labute approximate surface area is 103 Å². The molecular weight excluding hydrogens is 218 g/mol. The lowest BCUT2D eigenvalue weighted by Crippen LogP contribution is -2.39. The zero-order chi connectivity index (χ0) is 11.9. The minimum Gasteiger partial charge on any atom is -0.378 e. The molecule has 1 N–H and O–H groups in total. The minimum absolute atomic E-state index is 0.0963. The van der Waals surface area contributed by atoms with E-state index < -0.39 is 0 Å². The van der Waals surface area contributed by atoms with E-state index >= 15 is 0 Å². The van der Waals surface area contributed by atoms with Gasteiger partial charge in [-0.1, -0.05) is 0 Å². The van der Waals surface area contributed by atoms with Crippen molar-refractivity contribution in [2.24, 2.45) is 0 Å². The van der Waals surface area contributed by atoms with E-state index in [2.05, 4.69) is 5.32 Å². The van der Waals surface area contributed by atoms with E-state index in [-0.39, 0.29) is 6.10 Å². The van der Waals surface area contributed by atoms with Crippen molar-refractivity contribution >= 4 is 5.78 Å². The van der Waals surface area contributed by atoms with Gasteiger partial charge in [0, 0.05) is 32.5 Å². The monoisotopic (exact) mass is 241 g/mol. The summed E-state index contributed by atoms with van der Waals surface area (Å²) in [6.45, 7) is 3.36. The molecule has 0 saturated carbocycles. The molecule has 98 valence electrons. The average molecular weight is 241 g/mol. The molecule has 17 heavy (non-hydrogen) atoms. The fraction of sp³-hybridized carbons (Fsp3) is 0.923. The number of morpholine rings is 1. The van der Waals surface area contributed by atoms with Crippen LogP contribution in [-0.2, 0) is 14.3 Å². The van der Waals surface area contributed by atoms with Crippen molar-refractivity contribution in [1.29, 1.82) is 0 Å². The first-order valence-electron chi connectivity index (χ1n) is 6.80. The second kappa shape index (κ2) is 7.09. The Morgan fingerprint density at radius 2 is 2.12 bits per heavy atom. The van der Waals surface area contributed by atoms with Crippen molar-refractivity contribution in [3.63, 3.8) is 0 Å². The van der Waals surface area contributed by atoms with Crippen molar-refractivity contribution in [3.05, 3.63) is 0 Å². The Balaban J connectivity index is 1.53. The largest absolute Gasteiger partial charge is 0.378 e. The number of ketones is 1. The lowest BCUT2D eigenvalue weighted by molar-refractivity contribution is -0.122.